The molecule has 0 aliphatic heterocycles. The number of allylic oxidation sites excluding steroid dienone is 2. The Morgan fingerprint density at radius 1 is 1.16 bits per heavy atom. The molecule has 1 aliphatic carbocycles. The van der Waals surface area contributed by atoms with Crippen molar-refractivity contribution in [1.29, 1.82) is 0 Å². The Kier molecular flexibility index (Phi) is 4.22. The van der Waals surface area contributed by atoms with Gasteiger partial charge in [0.2, 0.25) is 5.91 Å². The largest absolute Gasteiger partial charge is 0.481 e. The number of hydrogen-bond acceptors (Lipinski definition) is 2. The Morgan fingerprint density at radius 3 is 2.42 bits per heavy atom. The fourth-order valence-corrected chi connectivity index (χ4v) is 2.35. The number of amides is 1. The fourth-order valence-electron chi connectivity index (χ4n) is 2.16. The lowest BCUT2D eigenvalue weighted by atomic mass is 9.82. The molecule has 0 saturated carbocycles. The second-order valence-corrected chi connectivity index (χ2v) is 4.87. The van der Waals surface area contributed by atoms with Crippen LogP contribution in [0.2, 0.25) is 5.02 Å². The van der Waals surface area contributed by atoms with Crippen LogP contribution in [0.25, 0.3) is 0 Å². The third kappa shape index (κ3) is 3.15. The summed E-state index contributed by atoms with van der Waals surface area (Å²) in [5, 5.41) is 12.3. The average molecular weight is 280 g/mol. The van der Waals surface area contributed by atoms with Crippen molar-refractivity contribution in [3.63, 3.8) is 0 Å². The van der Waals surface area contributed by atoms with Gasteiger partial charge in [-0.15, -0.1) is 0 Å². The van der Waals surface area contributed by atoms with Crippen LogP contribution in [0.5, 0.6) is 0 Å². The summed E-state index contributed by atoms with van der Waals surface area (Å²) in [6, 6.07) is 6.89. The van der Waals surface area contributed by atoms with E-state index in [4.69, 9.17) is 16.7 Å². The van der Waals surface area contributed by atoms with Crippen molar-refractivity contribution in [3.05, 3.63) is 41.4 Å². The molecule has 0 unspecified atom stereocenters. The van der Waals surface area contributed by atoms with Crippen LogP contribution >= 0.6 is 11.6 Å². The summed E-state index contributed by atoms with van der Waals surface area (Å²) >= 11 is 5.96. The third-order valence-electron chi connectivity index (χ3n) is 3.22. The van der Waals surface area contributed by atoms with Gasteiger partial charge in [-0.2, -0.15) is 0 Å². The summed E-state index contributed by atoms with van der Waals surface area (Å²) in [6.07, 6.45) is 4.47. The zero-order chi connectivity index (χ0) is 13.8. The van der Waals surface area contributed by atoms with Crippen molar-refractivity contribution in [2.45, 2.75) is 12.8 Å². The van der Waals surface area contributed by atoms with E-state index in [2.05, 4.69) is 5.32 Å². The first-order chi connectivity index (χ1) is 9.09. The van der Waals surface area contributed by atoms with Crippen molar-refractivity contribution in [2.24, 2.45) is 11.8 Å². The maximum Gasteiger partial charge on any atom is 0.307 e. The Bertz CT molecular complexity index is 527. The van der Waals surface area contributed by atoms with E-state index in [0.29, 0.717) is 23.6 Å². The van der Waals surface area contributed by atoms with Crippen LogP contribution in [-0.2, 0) is 9.59 Å². The maximum atomic E-state index is 12.2. The highest BCUT2D eigenvalue weighted by Gasteiger charge is 2.34. The molecule has 0 heterocycles. The number of carbonyl (C=O) groups excluding carboxylic acids is 1. The minimum atomic E-state index is -0.941. The Morgan fingerprint density at radius 2 is 1.79 bits per heavy atom. The molecule has 4 nitrogen and oxygen atoms in total. The maximum absolute atomic E-state index is 12.2. The van der Waals surface area contributed by atoms with Gasteiger partial charge >= 0.3 is 5.97 Å². The van der Waals surface area contributed by atoms with E-state index in [1.165, 1.54) is 0 Å². The van der Waals surface area contributed by atoms with E-state index in [1.54, 1.807) is 30.3 Å². The molecule has 1 aliphatic rings. The summed E-state index contributed by atoms with van der Waals surface area (Å²) in [6.45, 7) is 0. The van der Waals surface area contributed by atoms with Gasteiger partial charge in [0, 0.05) is 0 Å². The lowest BCUT2D eigenvalue weighted by Crippen LogP contribution is -2.34. The zero-order valence-electron chi connectivity index (χ0n) is 10.2. The molecule has 1 aromatic rings. The first kappa shape index (κ1) is 13.6. The van der Waals surface area contributed by atoms with Crippen LogP contribution in [0.3, 0.4) is 0 Å². The summed E-state index contributed by atoms with van der Waals surface area (Å²) < 4.78 is 0. The number of nitrogens with one attached hydrogen (secondary N) is 1. The summed E-state index contributed by atoms with van der Waals surface area (Å²) in [5.74, 6) is -2.47. The summed E-state index contributed by atoms with van der Waals surface area (Å²) in [7, 11) is 0. The van der Waals surface area contributed by atoms with Gasteiger partial charge in [-0.3, -0.25) is 9.59 Å². The molecule has 0 spiro atoms. The van der Waals surface area contributed by atoms with Crippen molar-refractivity contribution in [1.82, 2.24) is 0 Å². The van der Waals surface area contributed by atoms with Crippen molar-refractivity contribution in [3.8, 4) is 0 Å². The van der Waals surface area contributed by atoms with E-state index in [-0.39, 0.29) is 5.91 Å². The topological polar surface area (TPSA) is 66.4 Å². The van der Waals surface area contributed by atoms with E-state index in [1.807, 2.05) is 6.08 Å². The Labute approximate surface area is 116 Å². The molecule has 1 aromatic carbocycles. The fraction of sp³-hybridized carbons (Fsp3) is 0.286. The van der Waals surface area contributed by atoms with Crippen molar-refractivity contribution in [2.75, 3.05) is 5.32 Å². The van der Waals surface area contributed by atoms with E-state index in [9.17, 15) is 9.59 Å². The number of carbonyl (C=O) groups is 2. The molecule has 0 fully saturated rings. The minimum Gasteiger partial charge on any atom is -0.481 e. The number of hydrogen-bond donors (Lipinski definition) is 2. The Hall–Kier alpha value is -1.81. The van der Waals surface area contributed by atoms with Crippen LogP contribution in [-0.4, -0.2) is 17.0 Å². The lowest BCUT2D eigenvalue weighted by Gasteiger charge is -2.24. The van der Waals surface area contributed by atoms with Crippen LogP contribution in [0.4, 0.5) is 5.69 Å². The van der Waals surface area contributed by atoms with Gasteiger partial charge in [0.25, 0.3) is 0 Å². The van der Waals surface area contributed by atoms with Crippen LogP contribution < -0.4 is 5.32 Å². The monoisotopic (exact) mass is 279 g/mol. The van der Waals surface area contributed by atoms with Crippen LogP contribution in [0.1, 0.15) is 12.8 Å². The van der Waals surface area contributed by atoms with E-state index < -0.39 is 17.8 Å². The SMILES string of the molecule is O=C(O)[C@@H]1CC=CC[C@H]1C(=O)Nc1ccccc1Cl. The van der Waals surface area contributed by atoms with Crippen molar-refractivity contribution >= 4 is 29.2 Å². The number of aliphatic carboxylic acids is 1. The zero-order valence-corrected chi connectivity index (χ0v) is 10.9. The van der Waals surface area contributed by atoms with Crippen molar-refractivity contribution < 1.29 is 14.7 Å². The highest BCUT2D eigenvalue weighted by molar-refractivity contribution is 6.33. The van der Waals surface area contributed by atoms with Gasteiger partial charge in [-0.25, -0.2) is 0 Å². The van der Waals surface area contributed by atoms with Gasteiger partial charge in [0.15, 0.2) is 0 Å². The highest BCUT2D eigenvalue weighted by Crippen LogP contribution is 2.28. The van der Waals surface area contributed by atoms with Gasteiger partial charge in [0.1, 0.15) is 0 Å². The molecular weight excluding hydrogens is 266 g/mol. The molecule has 0 saturated heterocycles. The number of rotatable bonds is 3. The standard InChI is InChI=1S/C14H14ClNO3/c15-11-7-3-4-8-12(11)16-13(17)9-5-1-2-6-10(9)14(18)19/h1-4,7-10H,5-6H2,(H,16,17)(H,18,19)/t9-,10-/m1/s1. The first-order valence-corrected chi connectivity index (χ1v) is 6.40. The molecule has 19 heavy (non-hydrogen) atoms. The lowest BCUT2D eigenvalue weighted by molar-refractivity contribution is -0.146. The Balaban J connectivity index is 2.13. The number of anilines is 1. The molecule has 2 N–H and O–H groups in total. The second-order valence-electron chi connectivity index (χ2n) is 4.46. The predicted molar refractivity (Wildman–Crippen MR) is 73.1 cm³/mol. The normalized spacial score (nSPS) is 21.9. The number of halogens is 1. The number of para-hydroxylation sites is 1. The molecule has 0 radical (unpaired) electrons. The first-order valence-electron chi connectivity index (χ1n) is 6.03. The van der Waals surface area contributed by atoms with Crippen LogP contribution in [0.15, 0.2) is 36.4 Å². The minimum absolute atomic E-state index is 0.301. The summed E-state index contributed by atoms with van der Waals surface area (Å²) in [4.78, 5) is 23.3. The molecule has 5 heteroatoms. The molecule has 1 amide bonds. The molecule has 0 bridgehead atoms. The molecular formula is C14H14ClNO3. The predicted octanol–water partition coefficient (Wildman–Crippen LogP) is 2.95. The molecule has 2 rings (SSSR count). The number of carboxylic acids is 1. The highest BCUT2D eigenvalue weighted by atomic mass is 35.5. The van der Waals surface area contributed by atoms with E-state index in [0.717, 1.165) is 0 Å². The van der Waals surface area contributed by atoms with Gasteiger partial charge < -0.3 is 10.4 Å². The van der Waals surface area contributed by atoms with Crippen LogP contribution in [0, 0.1) is 11.8 Å². The van der Waals surface area contributed by atoms with E-state index >= 15 is 0 Å². The smallest absolute Gasteiger partial charge is 0.307 e. The molecule has 2 atom stereocenters. The third-order valence-corrected chi connectivity index (χ3v) is 3.55. The number of carboxylic acid groups (broad SMARTS) is 1. The van der Waals surface area contributed by atoms with Gasteiger partial charge in [-0.1, -0.05) is 35.9 Å². The van der Waals surface area contributed by atoms with Gasteiger partial charge in [-0.05, 0) is 25.0 Å². The summed E-state index contributed by atoms with van der Waals surface area (Å²) in [5.41, 5.74) is 0.507. The molecule has 100 valence electrons. The van der Waals surface area contributed by atoms with Gasteiger partial charge in [0.05, 0.1) is 22.5 Å². The average Bonchev–Trinajstić information content (AvgIpc) is 2.41. The molecule has 0 aromatic heterocycles. The quantitative estimate of drug-likeness (QED) is 0.836. The number of benzene rings is 1. The second kappa shape index (κ2) is 5.89.